The molecule has 1 aromatic carbocycles. The number of nitrogens with zero attached hydrogens (tertiary/aromatic N) is 2. The van der Waals surface area contributed by atoms with Gasteiger partial charge in [-0.1, -0.05) is 12.1 Å². The van der Waals surface area contributed by atoms with Crippen molar-refractivity contribution < 1.29 is 23.0 Å². The lowest BCUT2D eigenvalue weighted by atomic mass is 10.2. The Balaban J connectivity index is 1.96. The summed E-state index contributed by atoms with van der Waals surface area (Å²) in [4.78, 5) is 18.0. The van der Waals surface area contributed by atoms with Gasteiger partial charge < -0.3 is 14.4 Å². The highest BCUT2D eigenvalue weighted by Crippen LogP contribution is 2.29. The fourth-order valence-electron chi connectivity index (χ4n) is 2.21. The van der Waals surface area contributed by atoms with Crippen molar-refractivity contribution in [3.63, 3.8) is 0 Å². The summed E-state index contributed by atoms with van der Waals surface area (Å²) in [5, 5.41) is 0. The molecule has 0 unspecified atom stereocenters. The molecule has 1 amide bonds. The van der Waals surface area contributed by atoms with Gasteiger partial charge in [-0.25, -0.2) is 0 Å². The largest absolute Gasteiger partial charge is 0.493 e. The molecule has 1 heterocycles. The average molecular weight is 362 g/mol. The molecule has 26 heavy (non-hydrogen) atoms. The highest BCUT2D eigenvalue weighted by Gasteiger charge is 2.11. The molecule has 0 atom stereocenters. The molecule has 0 aliphatic rings. The molecule has 0 spiro atoms. The zero-order chi connectivity index (χ0) is 18.9. The number of carbonyl (C=O) groups excluding carboxylic acids is 1. The van der Waals surface area contributed by atoms with E-state index in [4.69, 9.17) is 4.74 Å². The third-order valence-corrected chi connectivity index (χ3v) is 3.63. The lowest BCUT2D eigenvalue weighted by Gasteiger charge is -2.14. The highest BCUT2D eigenvalue weighted by atomic mass is 19.3. The predicted molar refractivity (Wildman–Crippen MR) is 94.2 cm³/mol. The smallest absolute Gasteiger partial charge is 0.387 e. The molecule has 5 nitrogen and oxygen atoms in total. The Kier molecular flexibility index (Phi) is 7.08. The van der Waals surface area contributed by atoms with E-state index in [2.05, 4.69) is 9.72 Å². The van der Waals surface area contributed by atoms with E-state index in [-0.39, 0.29) is 17.4 Å². The lowest BCUT2D eigenvalue weighted by Crippen LogP contribution is -2.27. The quantitative estimate of drug-likeness (QED) is 0.676. The van der Waals surface area contributed by atoms with Gasteiger partial charge in [-0.2, -0.15) is 8.78 Å². The van der Waals surface area contributed by atoms with Crippen LogP contribution in [0.15, 0.2) is 48.7 Å². The molecule has 0 saturated heterocycles. The van der Waals surface area contributed by atoms with Crippen LogP contribution in [0.2, 0.25) is 0 Å². The third kappa shape index (κ3) is 5.84. The molecule has 2 rings (SSSR count). The van der Waals surface area contributed by atoms with Gasteiger partial charge in [0, 0.05) is 38.0 Å². The first-order valence-electron chi connectivity index (χ1n) is 7.95. The Morgan fingerprint density at radius 1 is 1.27 bits per heavy atom. The van der Waals surface area contributed by atoms with Crippen molar-refractivity contribution in [3.8, 4) is 11.5 Å². The number of pyridine rings is 1. The number of hydrogen-bond donors (Lipinski definition) is 0. The fraction of sp³-hybridized carbons (Fsp3) is 0.263. The number of methoxy groups -OCH3 is 1. The maximum Gasteiger partial charge on any atom is 0.387 e. The van der Waals surface area contributed by atoms with Gasteiger partial charge in [0.2, 0.25) is 5.91 Å². The first-order chi connectivity index (χ1) is 12.5. The van der Waals surface area contributed by atoms with Crippen molar-refractivity contribution in [2.45, 2.75) is 13.0 Å². The molecule has 2 aromatic rings. The van der Waals surface area contributed by atoms with Gasteiger partial charge in [0.15, 0.2) is 11.5 Å². The minimum absolute atomic E-state index is 0.0570. The van der Waals surface area contributed by atoms with Crippen LogP contribution in [0.25, 0.3) is 6.08 Å². The molecular formula is C19H20F2N2O3. The Hall–Kier alpha value is -2.96. The van der Waals surface area contributed by atoms with Gasteiger partial charge in [0.1, 0.15) is 0 Å². The zero-order valence-corrected chi connectivity index (χ0v) is 14.6. The molecule has 7 heteroatoms. The van der Waals surface area contributed by atoms with Crippen LogP contribution in [-0.2, 0) is 11.2 Å². The average Bonchev–Trinajstić information content (AvgIpc) is 2.65. The van der Waals surface area contributed by atoms with Crippen LogP contribution in [0.4, 0.5) is 8.78 Å². The van der Waals surface area contributed by atoms with Crippen molar-refractivity contribution in [2.24, 2.45) is 0 Å². The second-order valence-electron chi connectivity index (χ2n) is 5.45. The van der Waals surface area contributed by atoms with Crippen molar-refractivity contribution in [2.75, 3.05) is 20.7 Å². The molecule has 0 saturated carbocycles. The normalized spacial score (nSPS) is 11.0. The summed E-state index contributed by atoms with van der Waals surface area (Å²) >= 11 is 0. The summed E-state index contributed by atoms with van der Waals surface area (Å²) in [6.07, 6.45) is 5.38. The molecule has 0 aliphatic heterocycles. The maximum absolute atomic E-state index is 12.3. The molecule has 1 aromatic heterocycles. The van der Waals surface area contributed by atoms with Gasteiger partial charge >= 0.3 is 6.61 Å². The number of aromatic nitrogens is 1. The molecule has 0 aliphatic carbocycles. The van der Waals surface area contributed by atoms with Gasteiger partial charge in [0.05, 0.1) is 7.11 Å². The van der Waals surface area contributed by atoms with Crippen LogP contribution in [0.1, 0.15) is 11.3 Å². The van der Waals surface area contributed by atoms with E-state index in [0.29, 0.717) is 18.5 Å². The van der Waals surface area contributed by atoms with E-state index >= 15 is 0 Å². The number of carbonyl (C=O) groups is 1. The van der Waals surface area contributed by atoms with Crippen molar-refractivity contribution in [3.05, 3.63) is 59.9 Å². The summed E-state index contributed by atoms with van der Waals surface area (Å²) in [7, 11) is 3.06. The van der Waals surface area contributed by atoms with Gasteiger partial charge in [-0.05, 0) is 35.9 Å². The Bertz CT molecular complexity index is 752. The topological polar surface area (TPSA) is 51.7 Å². The summed E-state index contributed by atoms with van der Waals surface area (Å²) in [6, 6.07) is 10.1. The number of ether oxygens (including phenoxy) is 2. The van der Waals surface area contributed by atoms with Crippen molar-refractivity contribution in [1.29, 1.82) is 0 Å². The van der Waals surface area contributed by atoms with E-state index in [0.717, 1.165) is 5.69 Å². The van der Waals surface area contributed by atoms with E-state index in [1.54, 1.807) is 30.3 Å². The minimum Gasteiger partial charge on any atom is -0.493 e. The highest BCUT2D eigenvalue weighted by molar-refractivity contribution is 5.91. The van der Waals surface area contributed by atoms with E-state index in [1.807, 2.05) is 18.2 Å². The van der Waals surface area contributed by atoms with Crippen molar-refractivity contribution in [1.82, 2.24) is 9.88 Å². The number of likely N-dealkylation sites (N-methyl/N-ethyl adjacent to an activating group) is 1. The zero-order valence-electron chi connectivity index (χ0n) is 14.6. The Morgan fingerprint density at radius 2 is 2.08 bits per heavy atom. The van der Waals surface area contributed by atoms with Gasteiger partial charge in [0.25, 0.3) is 0 Å². The van der Waals surface area contributed by atoms with Crippen LogP contribution in [0.5, 0.6) is 11.5 Å². The number of hydrogen-bond acceptors (Lipinski definition) is 4. The van der Waals surface area contributed by atoms with Gasteiger partial charge in [-0.3, -0.25) is 9.78 Å². The van der Waals surface area contributed by atoms with E-state index < -0.39 is 6.61 Å². The van der Waals surface area contributed by atoms with Crippen LogP contribution < -0.4 is 9.47 Å². The third-order valence-electron chi connectivity index (χ3n) is 3.63. The van der Waals surface area contributed by atoms with Crippen LogP contribution in [-0.4, -0.2) is 43.1 Å². The van der Waals surface area contributed by atoms with Crippen LogP contribution >= 0.6 is 0 Å². The monoisotopic (exact) mass is 362 g/mol. The first kappa shape index (κ1) is 19.4. The second kappa shape index (κ2) is 9.50. The molecule has 0 fully saturated rings. The fourth-order valence-corrected chi connectivity index (χ4v) is 2.21. The van der Waals surface area contributed by atoms with E-state index in [9.17, 15) is 13.6 Å². The Morgan fingerprint density at radius 3 is 2.73 bits per heavy atom. The first-order valence-corrected chi connectivity index (χ1v) is 7.95. The SMILES string of the molecule is COc1cc(C=CC(=O)N(C)CCc2ccccn2)ccc1OC(F)F. The Labute approximate surface area is 150 Å². The molecule has 0 radical (unpaired) electrons. The molecular weight excluding hydrogens is 342 g/mol. The van der Waals surface area contributed by atoms with Crippen molar-refractivity contribution >= 4 is 12.0 Å². The number of rotatable bonds is 8. The number of alkyl halides is 2. The summed E-state index contributed by atoms with van der Waals surface area (Å²) < 4.78 is 34.1. The van der Waals surface area contributed by atoms with Crippen LogP contribution in [0, 0.1) is 0 Å². The molecule has 138 valence electrons. The van der Waals surface area contributed by atoms with E-state index in [1.165, 1.54) is 25.3 Å². The molecule has 0 N–H and O–H groups in total. The summed E-state index contributed by atoms with van der Waals surface area (Å²) in [6.45, 7) is -2.40. The summed E-state index contributed by atoms with van der Waals surface area (Å²) in [5.41, 5.74) is 1.55. The summed E-state index contributed by atoms with van der Waals surface area (Å²) in [5.74, 6) is -0.0605. The lowest BCUT2D eigenvalue weighted by molar-refractivity contribution is -0.124. The molecule has 0 bridgehead atoms. The predicted octanol–water partition coefficient (Wildman–Crippen LogP) is 3.41. The van der Waals surface area contributed by atoms with Gasteiger partial charge in [-0.15, -0.1) is 0 Å². The minimum atomic E-state index is -2.93. The van der Waals surface area contributed by atoms with Crippen LogP contribution in [0.3, 0.4) is 0 Å². The maximum atomic E-state index is 12.3. The number of halogens is 2. The number of amides is 1. The number of benzene rings is 1. The second-order valence-corrected chi connectivity index (χ2v) is 5.45. The standard InChI is InChI=1S/C19H20F2N2O3/c1-23(12-10-15-5-3-4-11-22-15)18(24)9-7-14-6-8-16(26-19(20)21)17(13-14)25-2/h3-9,11,13,19H,10,12H2,1-2H3.